The topological polar surface area (TPSA) is 55.1 Å². The molecule has 1 fully saturated rings. The summed E-state index contributed by atoms with van der Waals surface area (Å²) in [5.74, 6) is 3.05. The molecule has 1 saturated heterocycles. The summed E-state index contributed by atoms with van der Waals surface area (Å²) < 4.78 is 0. The number of thioether (sulfide) groups is 1. The van der Waals surface area contributed by atoms with E-state index in [-0.39, 0.29) is 5.91 Å². The second-order valence-corrected chi connectivity index (χ2v) is 5.57. The van der Waals surface area contributed by atoms with Crippen LogP contribution >= 0.6 is 11.8 Å². The maximum atomic E-state index is 10.9. The molecule has 1 aromatic carbocycles. The van der Waals surface area contributed by atoms with Crippen LogP contribution in [0.3, 0.4) is 0 Å². The number of carbonyl (C=O) groups is 1. The van der Waals surface area contributed by atoms with Gasteiger partial charge >= 0.3 is 0 Å². The third-order valence-corrected chi connectivity index (χ3v) is 4.26. The van der Waals surface area contributed by atoms with Crippen LogP contribution in [0.5, 0.6) is 0 Å². The normalized spacial score (nSPS) is 19.4. The molecule has 1 aliphatic heterocycles. The molecule has 0 aromatic heterocycles. The number of hydrogen-bond acceptors (Lipinski definition) is 3. The Morgan fingerprint density at radius 3 is 2.76 bits per heavy atom. The molecule has 92 valence electrons. The molecule has 4 heteroatoms. The van der Waals surface area contributed by atoms with Crippen molar-refractivity contribution in [3.05, 3.63) is 35.4 Å². The van der Waals surface area contributed by atoms with Crippen LogP contribution in [0.2, 0.25) is 0 Å². The number of rotatable bonds is 5. The van der Waals surface area contributed by atoms with Gasteiger partial charge in [0, 0.05) is 12.1 Å². The van der Waals surface area contributed by atoms with Crippen molar-refractivity contribution in [2.75, 3.05) is 18.1 Å². The lowest BCUT2D eigenvalue weighted by molar-refractivity contribution is 0.100. The summed E-state index contributed by atoms with van der Waals surface area (Å²) in [4.78, 5) is 10.9. The summed E-state index contributed by atoms with van der Waals surface area (Å²) in [5.41, 5.74) is 6.96. The van der Waals surface area contributed by atoms with E-state index >= 15 is 0 Å². The molecule has 0 saturated carbocycles. The molecule has 1 unspecified atom stereocenters. The fraction of sp³-hybridized carbons (Fsp3) is 0.462. The van der Waals surface area contributed by atoms with Gasteiger partial charge in [0.1, 0.15) is 0 Å². The highest BCUT2D eigenvalue weighted by molar-refractivity contribution is 7.99. The lowest BCUT2D eigenvalue weighted by Crippen LogP contribution is -2.22. The molecule has 1 aromatic rings. The first-order valence-electron chi connectivity index (χ1n) is 5.93. The molecule has 0 radical (unpaired) electrons. The largest absolute Gasteiger partial charge is 0.366 e. The minimum Gasteiger partial charge on any atom is -0.366 e. The van der Waals surface area contributed by atoms with Crippen molar-refractivity contribution in [3.63, 3.8) is 0 Å². The van der Waals surface area contributed by atoms with Gasteiger partial charge in [-0.3, -0.25) is 4.79 Å². The summed E-state index contributed by atoms with van der Waals surface area (Å²) >= 11 is 2.04. The van der Waals surface area contributed by atoms with Crippen LogP contribution < -0.4 is 11.1 Å². The van der Waals surface area contributed by atoms with E-state index < -0.39 is 0 Å². The van der Waals surface area contributed by atoms with Crippen LogP contribution in [0.25, 0.3) is 0 Å². The number of primary amides is 1. The van der Waals surface area contributed by atoms with Crippen molar-refractivity contribution in [3.8, 4) is 0 Å². The maximum absolute atomic E-state index is 10.9. The highest BCUT2D eigenvalue weighted by atomic mass is 32.2. The summed E-state index contributed by atoms with van der Waals surface area (Å²) in [7, 11) is 0. The van der Waals surface area contributed by atoms with E-state index in [1.807, 2.05) is 23.9 Å². The molecule has 1 aliphatic rings. The van der Waals surface area contributed by atoms with Crippen molar-refractivity contribution in [1.29, 1.82) is 0 Å². The summed E-state index contributed by atoms with van der Waals surface area (Å²) in [6, 6.07) is 7.47. The number of nitrogens with one attached hydrogen (secondary N) is 1. The number of amides is 1. The summed E-state index contributed by atoms with van der Waals surface area (Å²) in [5, 5.41) is 3.46. The van der Waals surface area contributed by atoms with Gasteiger partial charge in [0.15, 0.2) is 0 Å². The maximum Gasteiger partial charge on any atom is 0.248 e. The summed E-state index contributed by atoms with van der Waals surface area (Å²) in [6.07, 6.45) is 1.33. The third-order valence-electron chi connectivity index (χ3n) is 3.02. The number of carbonyl (C=O) groups excluding carboxylic acids is 1. The molecule has 1 amide bonds. The van der Waals surface area contributed by atoms with Crippen LogP contribution in [0, 0.1) is 5.92 Å². The van der Waals surface area contributed by atoms with Crippen LogP contribution in [-0.4, -0.2) is 24.0 Å². The standard InChI is InChI=1S/C13H18N2OS/c14-13(16)12-3-1-10(2-4-12)7-15-8-11-5-6-17-9-11/h1-4,11,15H,5-9H2,(H2,14,16). The van der Waals surface area contributed by atoms with Gasteiger partial charge in [0.25, 0.3) is 0 Å². The first kappa shape index (κ1) is 12.5. The Kier molecular flexibility index (Phi) is 4.45. The van der Waals surface area contributed by atoms with Crippen LogP contribution in [-0.2, 0) is 6.54 Å². The van der Waals surface area contributed by atoms with Crippen molar-refractivity contribution >= 4 is 17.7 Å². The Balaban J connectivity index is 1.76. The quantitative estimate of drug-likeness (QED) is 0.835. The second-order valence-electron chi connectivity index (χ2n) is 4.42. The zero-order valence-corrected chi connectivity index (χ0v) is 10.6. The van der Waals surface area contributed by atoms with Gasteiger partial charge in [-0.1, -0.05) is 12.1 Å². The Bertz CT molecular complexity index is 372. The first-order valence-corrected chi connectivity index (χ1v) is 7.08. The van der Waals surface area contributed by atoms with Gasteiger partial charge in [-0.15, -0.1) is 0 Å². The van der Waals surface area contributed by atoms with Gasteiger partial charge in [-0.2, -0.15) is 11.8 Å². The molecule has 1 heterocycles. The minimum atomic E-state index is -0.368. The van der Waals surface area contributed by atoms with Crippen LogP contribution in [0.1, 0.15) is 22.3 Å². The average Bonchev–Trinajstić information content (AvgIpc) is 2.83. The number of nitrogens with two attached hydrogens (primary N) is 1. The first-order chi connectivity index (χ1) is 8.25. The SMILES string of the molecule is NC(=O)c1ccc(CNCC2CCSC2)cc1. The third kappa shape index (κ3) is 3.75. The molecule has 0 spiro atoms. The predicted molar refractivity (Wildman–Crippen MR) is 72.1 cm³/mol. The fourth-order valence-corrected chi connectivity index (χ4v) is 3.24. The minimum absolute atomic E-state index is 0.368. The van der Waals surface area contributed by atoms with Crippen molar-refractivity contribution in [2.24, 2.45) is 11.7 Å². The Morgan fingerprint density at radius 1 is 1.41 bits per heavy atom. The molecule has 17 heavy (non-hydrogen) atoms. The Hall–Kier alpha value is -1.00. The van der Waals surface area contributed by atoms with E-state index in [9.17, 15) is 4.79 Å². The lowest BCUT2D eigenvalue weighted by atomic mass is 10.1. The van der Waals surface area contributed by atoms with Gasteiger partial charge in [0.05, 0.1) is 0 Å². The zero-order valence-electron chi connectivity index (χ0n) is 9.82. The molecule has 1 atom stereocenters. The van der Waals surface area contributed by atoms with Crippen molar-refractivity contribution in [2.45, 2.75) is 13.0 Å². The average molecular weight is 250 g/mol. The fourth-order valence-electron chi connectivity index (χ4n) is 1.95. The Labute approximate surface area is 106 Å². The molecular formula is C13H18N2OS. The molecule has 3 nitrogen and oxygen atoms in total. The Morgan fingerprint density at radius 2 is 2.18 bits per heavy atom. The van der Waals surface area contributed by atoms with E-state index in [1.54, 1.807) is 12.1 Å². The van der Waals surface area contributed by atoms with Crippen molar-refractivity contribution in [1.82, 2.24) is 5.32 Å². The monoisotopic (exact) mass is 250 g/mol. The zero-order chi connectivity index (χ0) is 12.1. The second kappa shape index (κ2) is 6.07. The highest BCUT2D eigenvalue weighted by Gasteiger charge is 2.14. The lowest BCUT2D eigenvalue weighted by Gasteiger charge is -2.10. The molecule has 0 bridgehead atoms. The van der Waals surface area contributed by atoms with E-state index in [1.165, 1.54) is 23.5 Å². The van der Waals surface area contributed by atoms with Gasteiger partial charge in [0.2, 0.25) is 5.91 Å². The van der Waals surface area contributed by atoms with Gasteiger partial charge < -0.3 is 11.1 Å². The van der Waals surface area contributed by atoms with Crippen LogP contribution in [0.4, 0.5) is 0 Å². The van der Waals surface area contributed by atoms with E-state index in [4.69, 9.17) is 5.73 Å². The molecule has 2 rings (SSSR count). The molecule has 3 N–H and O–H groups in total. The van der Waals surface area contributed by atoms with E-state index in [0.717, 1.165) is 19.0 Å². The molecular weight excluding hydrogens is 232 g/mol. The highest BCUT2D eigenvalue weighted by Crippen LogP contribution is 2.22. The van der Waals surface area contributed by atoms with E-state index in [0.29, 0.717) is 5.56 Å². The van der Waals surface area contributed by atoms with Gasteiger partial charge in [-0.05, 0) is 48.1 Å². The molecule has 0 aliphatic carbocycles. The van der Waals surface area contributed by atoms with Crippen LogP contribution in [0.15, 0.2) is 24.3 Å². The number of hydrogen-bond donors (Lipinski definition) is 2. The smallest absolute Gasteiger partial charge is 0.248 e. The van der Waals surface area contributed by atoms with Crippen molar-refractivity contribution < 1.29 is 4.79 Å². The predicted octanol–water partition coefficient (Wildman–Crippen LogP) is 1.63. The summed E-state index contributed by atoms with van der Waals surface area (Å²) in [6.45, 7) is 1.95. The van der Waals surface area contributed by atoms with Gasteiger partial charge in [-0.25, -0.2) is 0 Å². The van der Waals surface area contributed by atoms with E-state index in [2.05, 4.69) is 5.32 Å². The number of benzene rings is 1.